The summed E-state index contributed by atoms with van der Waals surface area (Å²) in [5.74, 6) is 0.115. The van der Waals surface area contributed by atoms with Gasteiger partial charge in [0.05, 0.1) is 0 Å². The molecule has 2 aromatic rings. The first-order chi connectivity index (χ1) is 6.81. The van der Waals surface area contributed by atoms with Gasteiger partial charge in [-0.15, -0.1) is 0 Å². The molecule has 0 fully saturated rings. The maximum Gasteiger partial charge on any atom is 0.170 e. The Hall–Kier alpha value is -2.10. The van der Waals surface area contributed by atoms with E-state index in [2.05, 4.69) is 10.1 Å². The van der Waals surface area contributed by atoms with Crippen LogP contribution < -0.4 is 5.73 Å². The predicted octanol–water partition coefficient (Wildman–Crippen LogP) is 1.33. The molecule has 2 rings (SSSR count). The van der Waals surface area contributed by atoms with Crippen LogP contribution in [0.4, 0.5) is 0 Å². The predicted molar refractivity (Wildman–Crippen MR) is 54.3 cm³/mol. The van der Waals surface area contributed by atoms with Gasteiger partial charge in [-0.1, -0.05) is 17.3 Å². The second-order valence-electron chi connectivity index (χ2n) is 2.92. The molecule has 0 aliphatic carbocycles. The van der Waals surface area contributed by atoms with Crippen molar-refractivity contribution in [3.05, 3.63) is 42.2 Å². The minimum Gasteiger partial charge on any atom is -0.409 e. The molecular formula is C10H9N3O. The first kappa shape index (κ1) is 8.50. The van der Waals surface area contributed by atoms with Crippen LogP contribution in [0.15, 0.2) is 41.8 Å². The molecule has 3 N–H and O–H groups in total. The standard InChI is InChI=1S/C10H9N3O/c11-10(13-14)8-1-2-9-6-12-4-3-7(9)5-8/h1-6,14H,(H2,11,13). The van der Waals surface area contributed by atoms with Crippen molar-refractivity contribution in [2.75, 3.05) is 0 Å². The van der Waals surface area contributed by atoms with Crippen LogP contribution in [0, 0.1) is 0 Å². The van der Waals surface area contributed by atoms with Crippen molar-refractivity contribution in [3.63, 3.8) is 0 Å². The SMILES string of the molecule is N/C(=N/O)c1ccc2cnccc2c1. The van der Waals surface area contributed by atoms with E-state index in [9.17, 15) is 0 Å². The van der Waals surface area contributed by atoms with Crippen LogP contribution in [0.25, 0.3) is 10.8 Å². The van der Waals surface area contributed by atoms with E-state index in [1.807, 2.05) is 18.2 Å². The number of hydrogen-bond acceptors (Lipinski definition) is 3. The Bertz CT molecular complexity index is 493. The van der Waals surface area contributed by atoms with E-state index >= 15 is 0 Å². The summed E-state index contributed by atoms with van der Waals surface area (Å²) in [5.41, 5.74) is 6.17. The van der Waals surface area contributed by atoms with Crippen LogP contribution in [0.5, 0.6) is 0 Å². The van der Waals surface area contributed by atoms with E-state index in [4.69, 9.17) is 10.9 Å². The molecule has 0 atom stereocenters. The quantitative estimate of drug-likeness (QED) is 0.306. The number of aromatic nitrogens is 1. The largest absolute Gasteiger partial charge is 0.409 e. The molecule has 0 saturated carbocycles. The van der Waals surface area contributed by atoms with E-state index < -0.39 is 0 Å². The fourth-order valence-corrected chi connectivity index (χ4v) is 1.30. The molecule has 1 heterocycles. The lowest BCUT2D eigenvalue weighted by Gasteiger charge is -2.00. The minimum atomic E-state index is 0.115. The lowest BCUT2D eigenvalue weighted by molar-refractivity contribution is 0.318. The highest BCUT2D eigenvalue weighted by molar-refractivity contribution is 6.00. The Morgan fingerprint density at radius 1 is 1.29 bits per heavy atom. The first-order valence-electron chi connectivity index (χ1n) is 4.13. The van der Waals surface area contributed by atoms with Gasteiger partial charge in [0, 0.05) is 23.3 Å². The van der Waals surface area contributed by atoms with Gasteiger partial charge in [0.1, 0.15) is 0 Å². The molecule has 1 aromatic carbocycles. The fraction of sp³-hybridized carbons (Fsp3) is 0. The van der Waals surface area contributed by atoms with Crippen molar-refractivity contribution in [1.82, 2.24) is 4.98 Å². The summed E-state index contributed by atoms with van der Waals surface area (Å²) in [7, 11) is 0. The average molecular weight is 187 g/mol. The van der Waals surface area contributed by atoms with Crippen molar-refractivity contribution < 1.29 is 5.21 Å². The zero-order valence-corrected chi connectivity index (χ0v) is 7.38. The fourth-order valence-electron chi connectivity index (χ4n) is 1.30. The zero-order valence-electron chi connectivity index (χ0n) is 7.38. The Morgan fingerprint density at radius 3 is 2.93 bits per heavy atom. The normalized spacial score (nSPS) is 11.9. The number of benzene rings is 1. The van der Waals surface area contributed by atoms with Gasteiger partial charge in [-0.05, 0) is 17.5 Å². The smallest absolute Gasteiger partial charge is 0.170 e. The third kappa shape index (κ3) is 1.37. The zero-order chi connectivity index (χ0) is 9.97. The molecule has 0 aliphatic heterocycles. The Morgan fingerprint density at radius 2 is 2.14 bits per heavy atom. The number of oxime groups is 1. The molecule has 0 saturated heterocycles. The van der Waals surface area contributed by atoms with E-state index in [-0.39, 0.29) is 5.84 Å². The molecule has 0 radical (unpaired) electrons. The van der Waals surface area contributed by atoms with Crippen molar-refractivity contribution in [3.8, 4) is 0 Å². The third-order valence-electron chi connectivity index (χ3n) is 2.04. The van der Waals surface area contributed by atoms with Gasteiger partial charge in [0.2, 0.25) is 0 Å². The molecule has 1 aromatic heterocycles. The van der Waals surface area contributed by atoms with Crippen LogP contribution in [0.1, 0.15) is 5.56 Å². The summed E-state index contributed by atoms with van der Waals surface area (Å²) >= 11 is 0. The molecule has 0 unspecified atom stereocenters. The molecule has 4 nitrogen and oxygen atoms in total. The summed E-state index contributed by atoms with van der Waals surface area (Å²) in [5, 5.41) is 13.5. The number of rotatable bonds is 1. The van der Waals surface area contributed by atoms with Crippen LogP contribution in [0.3, 0.4) is 0 Å². The number of nitrogens with two attached hydrogens (primary N) is 1. The third-order valence-corrected chi connectivity index (χ3v) is 2.04. The molecule has 70 valence electrons. The lowest BCUT2D eigenvalue weighted by Crippen LogP contribution is -2.12. The van der Waals surface area contributed by atoms with Crippen LogP contribution in [-0.2, 0) is 0 Å². The Kier molecular flexibility index (Phi) is 2.02. The highest BCUT2D eigenvalue weighted by atomic mass is 16.4. The summed E-state index contributed by atoms with van der Waals surface area (Å²) < 4.78 is 0. The van der Waals surface area contributed by atoms with E-state index in [1.54, 1.807) is 18.5 Å². The lowest BCUT2D eigenvalue weighted by atomic mass is 10.1. The van der Waals surface area contributed by atoms with Crippen LogP contribution in [0.2, 0.25) is 0 Å². The number of pyridine rings is 1. The van der Waals surface area contributed by atoms with Crippen molar-refractivity contribution in [2.45, 2.75) is 0 Å². The van der Waals surface area contributed by atoms with Crippen molar-refractivity contribution in [1.29, 1.82) is 0 Å². The maximum absolute atomic E-state index is 8.51. The monoisotopic (exact) mass is 187 g/mol. The molecular weight excluding hydrogens is 178 g/mol. The summed E-state index contributed by atoms with van der Waals surface area (Å²) in [6.07, 6.45) is 3.48. The number of amidine groups is 1. The highest BCUT2D eigenvalue weighted by Crippen LogP contribution is 2.13. The maximum atomic E-state index is 8.51. The van der Waals surface area contributed by atoms with E-state index in [1.165, 1.54) is 0 Å². The van der Waals surface area contributed by atoms with Gasteiger partial charge in [0.25, 0.3) is 0 Å². The topological polar surface area (TPSA) is 71.5 Å². The Labute approximate surface area is 80.7 Å². The molecule has 0 amide bonds. The van der Waals surface area contributed by atoms with Gasteiger partial charge in [-0.2, -0.15) is 0 Å². The second-order valence-corrected chi connectivity index (χ2v) is 2.92. The van der Waals surface area contributed by atoms with Gasteiger partial charge < -0.3 is 10.9 Å². The molecule has 4 heteroatoms. The molecule has 14 heavy (non-hydrogen) atoms. The second kappa shape index (κ2) is 3.33. The average Bonchev–Trinajstić information content (AvgIpc) is 2.27. The first-order valence-corrected chi connectivity index (χ1v) is 4.13. The van der Waals surface area contributed by atoms with Crippen molar-refractivity contribution >= 4 is 16.6 Å². The minimum absolute atomic E-state index is 0.115. The van der Waals surface area contributed by atoms with E-state index in [0.717, 1.165) is 10.8 Å². The van der Waals surface area contributed by atoms with Gasteiger partial charge in [0.15, 0.2) is 5.84 Å². The molecule has 0 spiro atoms. The van der Waals surface area contributed by atoms with Crippen LogP contribution >= 0.6 is 0 Å². The molecule has 0 bridgehead atoms. The highest BCUT2D eigenvalue weighted by Gasteiger charge is 1.99. The van der Waals surface area contributed by atoms with Gasteiger partial charge in [-0.3, -0.25) is 4.98 Å². The molecule has 0 aliphatic rings. The van der Waals surface area contributed by atoms with Crippen molar-refractivity contribution in [2.24, 2.45) is 10.9 Å². The summed E-state index contributed by atoms with van der Waals surface area (Å²) in [6, 6.07) is 7.41. The number of hydrogen-bond donors (Lipinski definition) is 2. The van der Waals surface area contributed by atoms with Gasteiger partial charge in [-0.25, -0.2) is 0 Å². The van der Waals surface area contributed by atoms with E-state index in [0.29, 0.717) is 5.56 Å². The van der Waals surface area contributed by atoms with Gasteiger partial charge >= 0.3 is 0 Å². The number of nitrogens with zero attached hydrogens (tertiary/aromatic N) is 2. The summed E-state index contributed by atoms with van der Waals surface area (Å²) in [4.78, 5) is 4.00. The summed E-state index contributed by atoms with van der Waals surface area (Å²) in [6.45, 7) is 0. The number of fused-ring (bicyclic) bond motifs is 1. The van der Waals surface area contributed by atoms with Crippen LogP contribution in [-0.4, -0.2) is 16.0 Å². The Balaban J connectivity index is 2.62.